The molecule has 1 aliphatic carbocycles. The maximum Gasteiger partial charge on any atom is 0.471 e. The quantitative estimate of drug-likeness (QED) is 0.374. The van der Waals surface area contributed by atoms with Gasteiger partial charge in [0, 0.05) is 27.7 Å². The van der Waals surface area contributed by atoms with E-state index >= 15 is 0 Å². The van der Waals surface area contributed by atoms with E-state index in [0.29, 0.717) is 17.0 Å². The molecule has 2 atom stereocenters. The summed E-state index contributed by atoms with van der Waals surface area (Å²) in [6.07, 6.45) is -4.74. The van der Waals surface area contributed by atoms with Crippen LogP contribution in [0.15, 0.2) is 84.1 Å². The lowest BCUT2D eigenvalue weighted by atomic mass is 9.78. The van der Waals surface area contributed by atoms with E-state index in [-0.39, 0.29) is 50.7 Å². The molecule has 0 fully saturated rings. The third-order valence-corrected chi connectivity index (χ3v) is 7.04. The van der Waals surface area contributed by atoms with Crippen molar-refractivity contribution in [2.45, 2.75) is 31.0 Å². The van der Waals surface area contributed by atoms with E-state index in [9.17, 15) is 22.8 Å². The summed E-state index contributed by atoms with van der Waals surface area (Å²) in [4.78, 5) is 27.3. The number of Topliss-reactive ketones (excluding diaryl/α,β-unsaturated/α-hetero) is 1. The van der Waals surface area contributed by atoms with E-state index in [2.05, 4.69) is 5.32 Å². The van der Waals surface area contributed by atoms with Crippen LogP contribution in [0.25, 0.3) is 0 Å². The van der Waals surface area contributed by atoms with Crippen LogP contribution in [0.3, 0.4) is 0 Å². The number of benzene rings is 3. The van der Waals surface area contributed by atoms with Crippen molar-refractivity contribution in [1.29, 1.82) is 0 Å². The van der Waals surface area contributed by atoms with Gasteiger partial charge in [0.05, 0.1) is 17.4 Å². The third kappa shape index (κ3) is 4.38. The standard InChI is InChI=1S/C27H19Cl2F3N2O2/c28-17-10-11-18(19(29)14-17)25-24-21(12-16(13-23(24)35)15-6-2-1-3-7-15)33-20-8-4-5-9-22(20)34(25)26(36)27(30,31)32/h1-11,14,16,25,33H,12-13H2/t16-,25-/m1/s1. The van der Waals surface area contributed by atoms with E-state index in [0.717, 1.165) is 5.56 Å². The molecule has 1 N–H and O–H groups in total. The normalized spacial score (nSPS) is 19.8. The minimum atomic E-state index is -5.19. The van der Waals surface area contributed by atoms with Gasteiger partial charge in [-0.2, -0.15) is 13.2 Å². The second kappa shape index (κ2) is 9.30. The molecule has 0 saturated carbocycles. The lowest BCUT2D eigenvalue weighted by molar-refractivity contribution is -0.170. The summed E-state index contributed by atoms with van der Waals surface area (Å²) in [6, 6.07) is 18.6. The van der Waals surface area contributed by atoms with Crippen LogP contribution < -0.4 is 10.2 Å². The largest absolute Gasteiger partial charge is 0.471 e. The predicted molar refractivity (Wildman–Crippen MR) is 133 cm³/mol. The van der Waals surface area contributed by atoms with Crippen molar-refractivity contribution in [2.24, 2.45) is 0 Å². The molecule has 0 radical (unpaired) electrons. The fourth-order valence-electron chi connectivity index (χ4n) is 4.93. The van der Waals surface area contributed by atoms with Gasteiger partial charge in [-0.05, 0) is 47.7 Å². The highest BCUT2D eigenvalue weighted by atomic mass is 35.5. The summed E-state index contributed by atoms with van der Waals surface area (Å²) in [7, 11) is 0. The van der Waals surface area contributed by atoms with Crippen molar-refractivity contribution in [3.8, 4) is 0 Å². The topological polar surface area (TPSA) is 49.4 Å². The molecule has 1 aliphatic heterocycles. The van der Waals surface area contributed by atoms with Gasteiger partial charge in [0.25, 0.3) is 0 Å². The fraction of sp³-hybridized carbons (Fsp3) is 0.185. The van der Waals surface area contributed by atoms with Gasteiger partial charge in [-0.1, -0.05) is 71.7 Å². The molecule has 3 aromatic carbocycles. The van der Waals surface area contributed by atoms with Gasteiger partial charge < -0.3 is 5.32 Å². The number of carbonyl (C=O) groups is 2. The number of allylic oxidation sites excluding steroid dienone is 1. The molecule has 9 heteroatoms. The number of hydrogen-bond donors (Lipinski definition) is 1. The Kier molecular flexibility index (Phi) is 6.30. The Labute approximate surface area is 215 Å². The van der Waals surface area contributed by atoms with Gasteiger partial charge in [-0.25, -0.2) is 0 Å². The summed E-state index contributed by atoms with van der Waals surface area (Å²) in [6.45, 7) is 0. The number of hydrogen-bond acceptors (Lipinski definition) is 3. The number of anilines is 2. The van der Waals surface area contributed by atoms with Gasteiger partial charge in [-0.15, -0.1) is 0 Å². The Hall–Kier alpha value is -3.29. The molecular formula is C27H19Cl2F3N2O2. The Morgan fingerprint density at radius 3 is 2.33 bits per heavy atom. The molecule has 0 saturated heterocycles. The fourth-order valence-corrected chi connectivity index (χ4v) is 5.44. The van der Waals surface area contributed by atoms with Crippen molar-refractivity contribution >= 4 is 46.3 Å². The number of para-hydroxylation sites is 2. The maximum atomic E-state index is 14.0. The highest BCUT2D eigenvalue weighted by molar-refractivity contribution is 6.35. The molecule has 4 nitrogen and oxygen atoms in total. The smallest absolute Gasteiger partial charge is 0.357 e. The van der Waals surface area contributed by atoms with Crippen LogP contribution >= 0.6 is 23.2 Å². The summed E-state index contributed by atoms with van der Waals surface area (Å²) in [5.74, 6) is -2.63. The Morgan fingerprint density at radius 1 is 0.944 bits per heavy atom. The van der Waals surface area contributed by atoms with Crippen LogP contribution in [0.5, 0.6) is 0 Å². The van der Waals surface area contributed by atoms with Crippen LogP contribution in [-0.4, -0.2) is 17.9 Å². The van der Waals surface area contributed by atoms with Gasteiger partial charge in [-0.3, -0.25) is 14.5 Å². The third-order valence-electron chi connectivity index (χ3n) is 6.48. The maximum absolute atomic E-state index is 14.0. The lowest BCUT2D eigenvalue weighted by Gasteiger charge is -2.35. The zero-order valence-corrected chi connectivity index (χ0v) is 20.2. The molecule has 0 bridgehead atoms. The van der Waals surface area contributed by atoms with Crippen LogP contribution in [0, 0.1) is 0 Å². The Morgan fingerprint density at radius 2 is 1.64 bits per heavy atom. The zero-order valence-electron chi connectivity index (χ0n) is 18.7. The minimum Gasteiger partial charge on any atom is -0.357 e. The Balaban J connectivity index is 1.77. The molecule has 1 heterocycles. The SMILES string of the molecule is O=C1C[C@H](c2ccccc2)CC2=C1[C@@H](c1ccc(Cl)cc1Cl)N(C(=O)C(F)(F)F)c1ccccc1N2. The number of nitrogens with one attached hydrogen (secondary N) is 1. The number of halogens is 5. The zero-order chi connectivity index (χ0) is 25.6. The van der Waals surface area contributed by atoms with Gasteiger partial charge >= 0.3 is 12.1 Å². The number of fused-ring (bicyclic) bond motifs is 1. The van der Waals surface area contributed by atoms with Crippen molar-refractivity contribution in [3.63, 3.8) is 0 Å². The van der Waals surface area contributed by atoms with E-state index in [1.807, 2.05) is 30.3 Å². The number of carbonyl (C=O) groups excluding carboxylic acids is 2. The first kappa shape index (κ1) is 24.4. The monoisotopic (exact) mass is 530 g/mol. The molecular weight excluding hydrogens is 512 g/mol. The number of alkyl halides is 3. The van der Waals surface area contributed by atoms with Crippen LogP contribution in [0.4, 0.5) is 24.5 Å². The summed E-state index contributed by atoms with van der Waals surface area (Å²) in [5.41, 5.74) is 1.95. The summed E-state index contributed by atoms with van der Waals surface area (Å²) >= 11 is 12.5. The molecule has 0 spiro atoms. The van der Waals surface area contributed by atoms with Crippen LogP contribution in [0.2, 0.25) is 10.0 Å². The lowest BCUT2D eigenvalue weighted by Crippen LogP contribution is -2.45. The summed E-state index contributed by atoms with van der Waals surface area (Å²) < 4.78 is 41.9. The van der Waals surface area contributed by atoms with Gasteiger partial charge in [0.1, 0.15) is 0 Å². The van der Waals surface area contributed by atoms with Crippen molar-refractivity contribution in [2.75, 3.05) is 10.2 Å². The molecule has 36 heavy (non-hydrogen) atoms. The number of nitrogens with zero attached hydrogens (tertiary/aromatic N) is 1. The molecule has 184 valence electrons. The Bertz CT molecular complexity index is 1390. The van der Waals surface area contributed by atoms with E-state index in [1.165, 1.54) is 30.3 Å². The van der Waals surface area contributed by atoms with Crippen molar-refractivity contribution in [1.82, 2.24) is 0 Å². The van der Waals surface area contributed by atoms with E-state index < -0.39 is 18.1 Å². The number of amides is 1. The molecule has 1 amide bonds. The molecule has 5 rings (SSSR count). The highest BCUT2D eigenvalue weighted by Crippen LogP contribution is 2.49. The molecule has 3 aromatic rings. The summed E-state index contributed by atoms with van der Waals surface area (Å²) in [5, 5.41) is 3.52. The average Bonchev–Trinajstić information content (AvgIpc) is 2.98. The number of rotatable bonds is 2. The first-order chi connectivity index (χ1) is 17.1. The highest BCUT2D eigenvalue weighted by Gasteiger charge is 2.50. The van der Waals surface area contributed by atoms with Crippen molar-refractivity contribution < 1.29 is 22.8 Å². The molecule has 0 aromatic heterocycles. The number of ketones is 1. The molecule has 0 unspecified atom stereocenters. The first-order valence-corrected chi connectivity index (χ1v) is 11.9. The second-order valence-electron chi connectivity index (χ2n) is 8.71. The second-order valence-corrected chi connectivity index (χ2v) is 9.56. The van der Waals surface area contributed by atoms with Crippen LogP contribution in [-0.2, 0) is 9.59 Å². The van der Waals surface area contributed by atoms with Crippen LogP contribution in [0.1, 0.15) is 35.9 Å². The average molecular weight is 531 g/mol. The minimum absolute atomic E-state index is 0.00528. The van der Waals surface area contributed by atoms with Gasteiger partial charge in [0.15, 0.2) is 5.78 Å². The van der Waals surface area contributed by atoms with Gasteiger partial charge in [0.2, 0.25) is 0 Å². The van der Waals surface area contributed by atoms with Crippen molar-refractivity contribution in [3.05, 3.63) is 105 Å². The van der Waals surface area contributed by atoms with E-state index in [4.69, 9.17) is 23.2 Å². The predicted octanol–water partition coefficient (Wildman–Crippen LogP) is 7.46. The van der Waals surface area contributed by atoms with E-state index in [1.54, 1.807) is 12.1 Å². The first-order valence-electron chi connectivity index (χ1n) is 11.2. The molecule has 2 aliphatic rings.